The van der Waals surface area contributed by atoms with Gasteiger partial charge in [0, 0.05) is 69.4 Å². The van der Waals surface area contributed by atoms with Crippen LogP contribution in [-0.4, -0.2) is 58.4 Å². The summed E-state index contributed by atoms with van der Waals surface area (Å²) in [5, 5.41) is 15.4. The topological polar surface area (TPSA) is 99.8 Å². The molecule has 11 heteroatoms. The van der Waals surface area contributed by atoms with E-state index in [2.05, 4.69) is 36.4 Å². The van der Waals surface area contributed by atoms with Gasteiger partial charge < -0.3 is 15.1 Å². The molecule has 0 saturated carbocycles. The number of nitro groups is 1. The van der Waals surface area contributed by atoms with E-state index in [4.69, 9.17) is 0 Å². The first-order chi connectivity index (χ1) is 13.1. The van der Waals surface area contributed by atoms with E-state index in [0.29, 0.717) is 12.1 Å². The third-order valence-electron chi connectivity index (χ3n) is 4.46. The number of hydrogen-bond acceptors (Lipinski definition) is 7. The standard InChI is InChI=1S/C17H23N7O2S.HI/c1-3-15-20-17(27-21-15)23-10-8-22(9-11-23)16(18-2)19-12-13-6-4-5-7-14(13)24(25)26;/h4-7H,3,8-12H2,1-2H3,(H,18,19);1H. The highest BCUT2D eigenvalue weighted by Crippen LogP contribution is 2.20. The average molecular weight is 517 g/mol. The van der Waals surface area contributed by atoms with Gasteiger partial charge in [0.15, 0.2) is 5.96 Å². The molecule has 0 spiro atoms. The van der Waals surface area contributed by atoms with E-state index < -0.39 is 0 Å². The average Bonchev–Trinajstić information content (AvgIpc) is 3.18. The van der Waals surface area contributed by atoms with Crippen molar-refractivity contribution in [2.24, 2.45) is 4.99 Å². The predicted octanol–water partition coefficient (Wildman–Crippen LogP) is 2.52. The van der Waals surface area contributed by atoms with Gasteiger partial charge in [0.1, 0.15) is 5.82 Å². The third kappa shape index (κ3) is 5.28. The third-order valence-corrected chi connectivity index (χ3v) is 5.28. The predicted molar refractivity (Wildman–Crippen MR) is 122 cm³/mol. The molecule has 0 radical (unpaired) electrons. The first kappa shape index (κ1) is 22.3. The molecule has 2 heterocycles. The molecule has 0 amide bonds. The molecule has 1 aromatic carbocycles. The van der Waals surface area contributed by atoms with Gasteiger partial charge in [-0.25, -0.2) is 4.98 Å². The fraction of sp³-hybridized carbons (Fsp3) is 0.471. The van der Waals surface area contributed by atoms with Gasteiger partial charge in [-0.3, -0.25) is 15.1 Å². The van der Waals surface area contributed by atoms with Crippen molar-refractivity contribution in [3.8, 4) is 0 Å². The van der Waals surface area contributed by atoms with Gasteiger partial charge in [0.2, 0.25) is 5.13 Å². The lowest BCUT2D eigenvalue weighted by Crippen LogP contribution is -2.52. The van der Waals surface area contributed by atoms with Crippen molar-refractivity contribution in [3.63, 3.8) is 0 Å². The summed E-state index contributed by atoms with van der Waals surface area (Å²) in [4.78, 5) is 24.1. The summed E-state index contributed by atoms with van der Waals surface area (Å²) in [6, 6.07) is 6.76. The SMILES string of the molecule is CCc1nsc(N2CCN(C(=NC)NCc3ccccc3[N+](=O)[O-])CC2)n1.I. The quantitative estimate of drug-likeness (QED) is 0.214. The Hall–Kier alpha value is -2.02. The molecular weight excluding hydrogens is 493 g/mol. The van der Waals surface area contributed by atoms with E-state index in [1.54, 1.807) is 25.2 Å². The van der Waals surface area contributed by atoms with Crippen molar-refractivity contribution in [1.82, 2.24) is 19.6 Å². The van der Waals surface area contributed by atoms with E-state index in [1.807, 2.05) is 0 Å². The first-order valence-electron chi connectivity index (χ1n) is 8.87. The summed E-state index contributed by atoms with van der Waals surface area (Å²) >= 11 is 1.44. The van der Waals surface area contributed by atoms with Crippen molar-refractivity contribution >= 4 is 52.3 Å². The first-order valence-corrected chi connectivity index (χ1v) is 9.65. The van der Waals surface area contributed by atoms with Gasteiger partial charge >= 0.3 is 0 Å². The lowest BCUT2D eigenvalue weighted by atomic mass is 10.2. The minimum Gasteiger partial charge on any atom is -0.352 e. The summed E-state index contributed by atoms with van der Waals surface area (Å²) < 4.78 is 4.35. The minimum absolute atomic E-state index is 0. The molecule has 0 atom stereocenters. The Morgan fingerprint density at radius 3 is 2.64 bits per heavy atom. The number of rotatable bonds is 5. The molecule has 152 valence electrons. The lowest BCUT2D eigenvalue weighted by Gasteiger charge is -2.36. The Kier molecular flexibility index (Phi) is 8.35. The molecule has 1 fully saturated rings. The van der Waals surface area contributed by atoms with E-state index in [-0.39, 0.29) is 34.6 Å². The van der Waals surface area contributed by atoms with Crippen LogP contribution in [0.25, 0.3) is 0 Å². The molecule has 0 bridgehead atoms. The van der Waals surface area contributed by atoms with Crippen LogP contribution in [-0.2, 0) is 13.0 Å². The second-order valence-corrected chi connectivity index (χ2v) is 6.84. The Balaban J connectivity index is 0.00000280. The Labute approximate surface area is 185 Å². The monoisotopic (exact) mass is 517 g/mol. The maximum atomic E-state index is 11.2. The number of hydrogen-bond donors (Lipinski definition) is 1. The van der Waals surface area contributed by atoms with Crippen LogP contribution in [0.4, 0.5) is 10.8 Å². The zero-order valence-corrected chi connectivity index (χ0v) is 19.0. The molecule has 9 nitrogen and oxygen atoms in total. The number of nitro benzene ring substituents is 1. The zero-order chi connectivity index (χ0) is 19.2. The Morgan fingerprint density at radius 2 is 2.04 bits per heavy atom. The van der Waals surface area contributed by atoms with Crippen molar-refractivity contribution in [2.45, 2.75) is 19.9 Å². The maximum absolute atomic E-state index is 11.2. The highest BCUT2D eigenvalue weighted by Gasteiger charge is 2.22. The van der Waals surface area contributed by atoms with E-state index >= 15 is 0 Å². The minimum atomic E-state index is -0.356. The van der Waals surface area contributed by atoms with Crippen molar-refractivity contribution in [2.75, 3.05) is 38.1 Å². The van der Waals surface area contributed by atoms with Gasteiger partial charge in [-0.15, -0.1) is 24.0 Å². The zero-order valence-electron chi connectivity index (χ0n) is 15.9. The number of nitrogens with one attached hydrogen (secondary N) is 1. The molecule has 0 aliphatic carbocycles. The smallest absolute Gasteiger partial charge is 0.274 e. The molecule has 28 heavy (non-hydrogen) atoms. The van der Waals surface area contributed by atoms with Crippen LogP contribution in [0.15, 0.2) is 29.3 Å². The molecular formula is C17H24IN7O2S. The number of piperazine rings is 1. The van der Waals surface area contributed by atoms with Crippen LogP contribution in [0.5, 0.6) is 0 Å². The number of para-hydroxylation sites is 1. The number of aromatic nitrogens is 2. The second kappa shape index (κ2) is 10.5. The van der Waals surface area contributed by atoms with Gasteiger partial charge in [-0.2, -0.15) is 4.37 Å². The molecule has 0 unspecified atom stereocenters. The second-order valence-electron chi connectivity index (χ2n) is 6.11. The maximum Gasteiger partial charge on any atom is 0.274 e. The van der Waals surface area contributed by atoms with Crippen LogP contribution in [0, 0.1) is 10.1 Å². The van der Waals surface area contributed by atoms with Gasteiger partial charge in [-0.1, -0.05) is 25.1 Å². The number of nitrogens with zero attached hydrogens (tertiary/aromatic N) is 6. The van der Waals surface area contributed by atoms with E-state index in [1.165, 1.54) is 17.6 Å². The van der Waals surface area contributed by atoms with E-state index in [0.717, 1.165) is 49.5 Å². The number of anilines is 1. The molecule has 2 aromatic rings. The molecule has 1 aliphatic rings. The van der Waals surface area contributed by atoms with Gasteiger partial charge in [-0.05, 0) is 0 Å². The number of halogens is 1. The number of benzene rings is 1. The summed E-state index contributed by atoms with van der Waals surface area (Å²) in [5.41, 5.74) is 0.761. The fourth-order valence-electron chi connectivity index (χ4n) is 2.97. The van der Waals surface area contributed by atoms with Crippen LogP contribution in [0.1, 0.15) is 18.3 Å². The highest BCUT2D eigenvalue weighted by atomic mass is 127. The van der Waals surface area contributed by atoms with Crippen LogP contribution >= 0.6 is 35.5 Å². The summed E-state index contributed by atoms with van der Waals surface area (Å²) in [5.74, 6) is 1.64. The van der Waals surface area contributed by atoms with Crippen molar-refractivity contribution < 1.29 is 4.92 Å². The van der Waals surface area contributed by atoms with Crippen LogP contribution in [0.3, 0.4) is 0 Å². The van der Waals surface area contributed by atoms with Crippen LogP contribution < -0.4 is 10.2 Å². The van der Waals surface area contributed by atoms with Crippen molar-refractivity contribution in [3.05, 3.63) is 45.8 Å². The Bertz CT molecular complexity index is 821. The number of aliphatic imine (C=N–C) groups is 1. The molecule has 1 N–H and O–H groups in total. The summed E-state index contributed by atoms with van der Waals surface area (Å²) in [6.07, 6.45) is 0.846. The summed E-state index contributed by atoms with van der Waals surface area (Å²) in [7, 11) is 1.73. The van der Waals surface area contributed by atoms with E-state index in [9.17, 15) is 10.1 Å². The molecule has 1 saturated heterocycles. The molecule has 3 rings (SSSR count). The van der Waals surface area contributed by atoms with Gasteiger partial charge in [0.05, 0.1) is 4.92 Å². The highest BCUT2D eigenvalue weighted by molar-refractivity contribution is 14.0. The lowest BCUT2D eigenvalue weighted by molar-refractivity contribution is -0.385. The largest absolute Gasteiger partial charge is 0.352 e. The fourth-order valence-corrected chi connectivity index (χ4v) is 3.77. The summed E-state index contributed by atoms with van der Waals surface area (Å²) in [6.45, 7) is 5.70. The molecule has 1 aliphatic heterocycles. The van der Waals surface area contributed by atoms with Crippen molar-refractivity contribution in [1.29, 1.82) is 0 Å². The Morgan fingerprint density at radius 1 is 1.32 bits per heavy atom. The van der Waals surface area contributed by atoms with Crippen LogP contribution in [0.2, 0.25) is 0 Å². The van der Waals surface area contributed by atoms with Gasteiger partial charge in [0.25, 0.3) is 5.69 Å². The number of guanidine groups is 1. The normalized spacial score (nSPS) is 14.6. The number of aryl methyl sites for hydroxylation is 1. The molecule has 1 aromatic heterocycles.